The van der Waals surface area contributed by atoms with Crippen LogP contribution in [0, 0.1) is 23.7 Å². The van der Waals surface area contributed by atoms with Crippen molar-refractivity contribution in [2.45, 2.75) is 33.5 Å². The van der Waals surface area contributed by atoms with Crippen molar-refractivity contribution in [3.63, 3.8) is 0 Å². The van der Waals surface area contributed by atoms with Crippen LogP contribution in [0.4, 0.5) is 0 Å². The van der Waals surface area contributed by atoms with E-state index < -0.39 is 16.4 Å². The number of hydrogen-bond donors (Lipinski definition) is 0. The molecule has 6 heteroatoms. The maximum absolute atomic E-state index is 11.3. The standard InChI is InChI=1S/C11H16O4S.Na.H/c1-4-7-9-14-11(8-5-2)15-16(12,13)10-6-3;;/h11H,6,9-10H2,1-3H3;;. The Morgan fingerprint density at radius 2 is 1.88 bits per heavy atom. The van der Waals surface area contributed by atoms with Crippen molar-refractivity contribution in [1.29, 1.82) is 0 Å². The van der Waals surface area contributed by atoms with Gasteiger partial charge in [-0.3, -0.25) is 0 Å². The van der Waals surface area contributed by atoms with E-state index in [1.165, 1.54) is 0 Å². The van der Waals surface area contributed by atoms with E-state index in [4.69, 9.17) is 8.92 Å². The molecule has 0 spiro atoms. The zero-order valence-corrected chi connectivity index (χ0v) is 10.6. The summed E-state index contributed by atoms with van der Waals surface area (Å²) >= 11 is 0. The van der Waals surface area contributed by atoms with Gasteiger partial charge in [-0.15, -0.1) is 11.8 Å². The summed E-state index contributed by atoms with van der Waals surface area (Å²) in [6, 6.07) is 0. The Hall–Kier alpha value is -0.0100. The van der Waals surface area contributed by atoms with Crippen molar-refractivity contribution in [3.05, 3.63) is 0 Å². The molecule has 0 aromatic rings. The number of hydrogen-bond acceptors (Lipinski definition) is 4. The van der Waals surface area contributed by atoms with E-state index in [1.54, 1.807) is 20.8 Å². The van der Waals surface area contributed by atoms with Crippen LogP contribution < -0.4 is 0 Å². The Morgan fingerprint density at radius 3 is 2.35 bits per heavy atom. The van der Waals surface area contributed by atoms with Gasteiger partial charge in [0.25, 0.3) is 10.1 Å². The Balaban J connectivity index is 0. The molecule has 0 aliphatic heterocycles. The third-order valence-corrected chi connectivity index (χ3v) is 2.81. The van der Waals surface area contributed by atoms with Gasteiger partial charge in [0, 0.05) is 0 Å². The maximum atomic E-state index is 11.3. The molecular formula is C11H17NaO4S. The van der Waals surface area contributed by atoms with Gasteiger partial charge in [0.2, 0.25) is 6.29 Å². The molecule has 0 aromatic heterocycles. The van der Waals surface area contributed by atoms with Crippen LogP contribution in [0.25, 0.3) is 0 Å². The van der Waals surface area contributed by atoms with Crippen LogP contribution in [0.15, 0.2) is 0 Å². The SMILES string of the molecule is CC#CCOC(C#CC)OS(=O)(=O)CCC.[NaH]. The van der Waals surface area contributed by atoms with Crippen molar-refractivity contribution >= 4 is 39.7 Å². The summed E-state index contributed by atoms with van der Waals surface area (Å²) in [5.74, 6) is 10.3. The first kappa shape index (κ1) is 19.3. The zero-order valence-electron chi connectivity index (χ0n) is 9.74. The summed E-state index contributed by atoms with van der Waals surface area (Å²) in [4.78, 5) is 0. The monoisotopic (exact) mass is 268 g/mol. The minimum absolute atomic E-state index is 0. The van der Waals surface area contributed by atoms with Gasteiger partial charge in [0.05, 0.1) is 5.75 Å². The quantitative estimate of drug-likeness (QED) is 0.304. The summed E-state index contributed by atoms with van der Waals surface area (Å²) in [6.45, 7) is 5.10. The molecule has 0 aliphatic rings. The fraction of sp³-hybridized carbons (Fsp3) is 0.636. The van der Waals surface area contributed by atoms with E-state index in [1.807, 2.05) is 0 Å². The molecule has 92 valence electrons. The van der Waals surface area contributed by atoms with Gasteiger partial charge in [-0.05, 0) is 26.2 Å². The molecule has 1 unspecified atom stereocenters. The fourth-order valence-corrected chi connectivity index (χ4v) is 1.80. The molecule has 0 aliphatic carbocycles. The fourth-order valence-electron chi connectivity index (χ4n) is 0.832. The van der Waals surface area contributed by atoms with E-state index in [0.29, 0.717) is 6.42 Å². The van der Waals surface area contributed by atoms with Gasteiger partial charge in [0.15, 0.2) is 0 Å². The first-order valence-corrected chi connectivity index (χ1v) is 6.48. The molecule has 0 saturated heterocycles. The molecule has 0 heterocycles. The van der Waals surface area contributed by atoms with Gasteiger partial charge in [0.1, 0.15) is 6.61 Å². The normalized spacial score (nSPS) is 11.2. The van der Waals surface area contributed by atoms with Gasteiger partial charge < -0.3 is 4.74 Å². The van der Waals surface area contributed by atoms with Crippen LogP contribution in [0.1, 0.15) is 27.2 Å². The third-order valence-electron chi connectivity index (χ3n) is 1.43. The first-order valence-electron chi connectivity index (χ1n) is 4.90. The summed E-state index contributed by atoms with van der Waals surface area (Å²) in [6.07, 6.45) is -0.578. The van der Waals surface area contributed by atoms with Crippen LogP contribution in [0.5, 0.6) is 0 Å². The summed E-state index contributed by atoms with van der Waals surface area (Å²) < 4.78 is 32.5. The Labute approximate surface area is 126 Å². The third kappa shape index (κ3) is 10.8. The average molecular weight is 268 g/mol. The average Bonchev–Trinajstić information content (AvgIpc) is 2.17. The number of ether oxygens (including phenoxy) is 1. The topological polar surface area (TPSA) is 52.6 Å². The molecule has 0 amide bonds. The van der Waals surface area contributed by atoms with Crippen molar-refractivity contribution in [2.24, 2.45) is 0 Å². The second-order valence-electron chi connectivity index (χ2n) is 2.82. The van der Waals surface area contributed by atoms with E-state index in [2.05, 4.69) is 23.7 Å². The molecule has 0 bridgehead atoms. The second-order valence-corrected chi connectivity index (χ2v) is 4.54. The van der Waals surface area contributed by atoms with Crippen molar-refractivity contribution in [2.75, 3.05) is 12.4 Å². The van der Waals surface area contributed by atoms with Gasteiger partial charge in [-0.2, -0.15) is 8.42 Å². The van der Waals surface area contributed by atoms with E-state index >= 15 is 0 Å². The van der Waals surface area contributed by atoms with E-state index in [9.17, 15) is 8.42 Å². The van der Waals surface area contributed by atoms with Crippen LogP contribution in [-0.2, 0) is 19.0 Å². The summed E-state index contributed by atoms with van der Waals surface area (Å²) in [5, 5.41) is 0. The minimum atomic E-state index is -3.57. The molecule has 1 atom stereocenters. The van der Waals surface area contributed by atoms with Crippen molar-refractivity contribution in [3.8, 4) is 23.7 Å². The van der Waals surface area contributed by atoms with Gasteiger partial charge in [-0.1, -0.05) is 12.8 Å². The van der Waals surface area contributed by atoms with Crippen molar-refractivity contribution < 1.29 is 17.3 Å². The predicted octanol–water partition coefficient (Wildman–Crippen LogP) is 0.484. The van der Waals surface area contributed by atoms with Crippen LogP contribution >= 0.6 is 0 Å². The predicted molar refractivity (Wildman–Crippen MR) is 69.0 cm³/mol. The first-order chi connectivity index (χ1) is 7.55. The molecule has 0 fully saturated rings. The van der Waals surface area contributed by atoms with Gasteiger partial charge >= 0.3 is 29.6 Å². The van der Waals surface area contributed by atoms with Crippen LogP contribution in [-0.4, -0.2) is 56.6 Å². The molecular weight excluding hydrogens is 251 g/mol. The zero-order chi connectivity index (χ0) is 12.4. The Bertz CT molecular complexity index is 408. The molecule has 17 heavy (non-hydrogen) atoms. The molecule has 0 radical (unpaired) electrons. The molecule has 0 aromatic carbocycles. The Morgan fingerprint density at radius 1 is 1.24 bits per heavy atom. The van der Waals surface area contributed by atoms with Crippen LogP contribution in [0.3, 0.4) is 0 Å². The summed E-state index contributed by atoms with van der Waals surface area (Å²) in [7, 11) is -3.57. The van der Waals surface area contributed by atoms with Gasteiger partial charge in [-0.25, -0.2) is 4.18 Å². The molecule has 0 saturated carbocycles. The molecule has 4 nitrogen and oxygen atoms in total. The van der Waals surface area contributed by atoms with E-state index in [0.717, 1.165) is 0 Å². The van der Waals surface area contributed by atoms with Crippen LogP contribution in [0.2, 0.25) is 0 Å². The Kier molecular flexibility index (Phi) is 12.6. The second kappa shape index (κ2) is 11.1. The molecule has 0 rings (SSSR count). The number of rotatable bonds is 6. The van der Waals surface area contributed by atoms with Crippen molar-refractivity contribution in [1.82, 2.24) is 0 Å². The summed E-state index contributed by atoms with van der Waals surface area (Å²) in [5.41, 5.74) is 0. The molecule has 0 N–H and O–H groups in total. The van der Waals surface area contributed by atoms with E-state index in [-0.39, 0.29) is 41.9 Å².